The molecule has 1 heterocycles. The lowest BCUT2D eigenvalue weighted by Crippen LogP contribution is -2.31. The van der Waals surface area contributed by atoms with Gasteiger partial charge in [-0.25, -0.2) is 0 Å². The number of halogens is 1. The van der Waals surface area contributed by atoms with Crippen LogP contribution in [-0.2, 0) is 0 Å². The van der Waals surface area contributed by atoms with Gasteiger partial charge in [0.25, 0.3) is 0 Å². The standard InChI is InChI=1S/C14H20ClN3S/c15-12-5-3-6-13(11-12)17-14(19)16-7-4-10-18-8-1-2-9-18/h3,5-6,11H,1-2,4,7-10H2,(H2,16,17,19). The quantitative estimate of drug-likeness (QED) is 0.645. The van der Waals surface area contributed by atoms with E-state index in [0.717, 1.165) is 25.2 Å². The van der Waals surface area contributed by atoms with Gasteiger partial charge < -0.3 is 15.5 Å². The molecule has 1 saturated heterocycles. The lowest BCUT2D eigenvalue weighted by atomic mass is 10.3. The van der Waals surface area contributed by atoms with Crippen molar-refractivity contribution < 1.29 is 0 Å². The topological polar surface area (TPSA) is 27.3 Å². The average Bonchev–Trinajstić information content (AvgIpc) is 2.88. The SMILES string of the molecule is S=C(NCCCN1CCCC1)Nc1cccc(Cl)c1. The Hall–Kier alpha value is -0.840. The molecule has 3 nitrogen and oxygen atoms in total. The van der Waals surface area contributed by atoms with Crippen molar-refractivity contribution in [2.45, 2.75) is 19.3 Å². The largest absolute Gasteiger partial charge is 0.362 e. The van der Waals surface area contributed by atoms with Crippen LogP contribution in [0.2, 0.25) is 5.02 Å². The van der Waals surface area contributed by atoms with Crippen LogP contribution in [0, 0.1) is 0 Å². The summed E-state index contributed by atoms with van der Waals surface area (Å²) in [6.45, 7) is 4.58. The predicted molar refractivity (Wildman–Crippen MR) is 86.0 cm³/mol. The highest BCUT2D eigenvalue weighted by atomic mass is 35.5. The van der Waals surface area contributed by atoms with Crippen LogP contribution < -0.4 is 10.6 Å². The minimum absolute atomic E-state index is 0.656. The van der Waals surface area contributed by atoms with Gasteiger partial charge in [0.15, 0.2) is 5.11 Å². The fraction of sp³-hybridized carbons (Fsp3) is 0.500. The number of rotatable bonds is 5. The van der Waals surface area contributed by atoms with E-state index < -0.39 is 0 Å². The molecule has 2 rings (SSSR count). The Kier molecular flexibility index (Phi) is 5.89. The summed E-state index contributed by atoms with van der Waals surface area (Å²) in [6, 6.07) is 7.56. The maximum absolute atomic E-state index is 5.92. The first-order valence-corrected chi connectivity index (χ1v) is 7.55. The molecule has 19 heavy (non-hydrogen) atoms. The molecule has 0 saturated carbocycles. The molecule has 2 N–H and O–H groups in total. The van der Waals surface area contributed by atoms with E-state index in [1.807, 2.05) is 24.3 Å². The minimum Gasteiger partial charge on any atom is -0.362 e. The first-order valence-electron chi connectivity index (χ1n) is 6.77. The number of nitrogens with zero attached hydrogens (tertiary/aromatic N) is 1. The number of hydrogen-bond donors (Lipinski definition) is 2. The molecular weight excluding hydrogens is 278 g/mol. The van der Waals surface area contributed by atoms with Crippen LogP contribution in [0.25, 0.3) is 0 Å². The molecule has 104 valence electrons. The Labute approximate surface area is 125 Å². The van der Waals surface area contributed by atoms with E-state index in [1.54, 1.807) is 0 Å². The Morgan fingerprint density at radius 2 is 2.11 bits per heavy atom. The molecule has 0 unspecified atom stereocenters. The van der Waals surface area contributed by atoms with Crippen molar-refractivity contribution in [2.75, 3.05) is 31.5 Å². The smallest absolute Gasteiger partial charge is 0.170 e. The normalized spacial score (nSPS) is 15.4. The first-order chi connectivity index (χ1) is 9.24. The molecule has 0 spiro atoms. The molecule has 0 radical (unpaired) electrons. The molecule has 1 fully saturated rings. The van der Waals surface area contributed by atoms with Crippen molar-refractivity contribution in [3.8, 4) is 0 Å². The van der Waals surface area contributed by atoms with E-state index in [4.69, 9.17) is 23.8 Å². The maximum Gasteiger partial charge on any atom is 0.170 e. The second kappa shape index (κ2) is 7.68. The van der Waals surface area contributed by atoms with Crippen molar-refractivity contribution in [3.05, 3.63) is 29.3 Å². The zero-order valence-corrected chi connectivity index (χ0v) is 12.6. The molecule has 0 amide bonds. The van der Waals surface area contributed by atoms with E-state index in [0.29, 0.717) is 10.1 Å². The summed E-state index contributed by atoms with van der Waals surface area (Å²) in [5.41, 5.74) is 0.921. The van der Waals surface area contributed by atoms with Gasteiger partial charge in [-0.2, -0.15) is 0 Å². The predicted octanol–water partition coefficient (Wildman–Crippen LogP) is 3.11. The molecule has 1 aliphatic heterocycles. The van der Waals surface area contributed by atoms with E-state index >= 15 is 0 Å². The number of thiocarbonyl (C=S) groups is 1. The summed E-state index contributed by atoms with van der Waals surface area (Å²) >= 11 is 11.2. The van der Waals surface area contributed by atoms with Gasteiger partial charge in [-0.05, 0) is 69.3 Å². The number of hydrogen-bond acceptors (Lipinski definition) is 2. The van der Waals surface area contributed by atoms with Gasteiger partial charge in [-0.15, -0.1) is 0 Å². The van der Waals surface area contributed by atoms with Crippen LogP contribution in [0.5, 0.6) is 0 Å². The molecule has 0 aromatic heterocycles. The van der Waals surface area contributed by atoms with Gasteiger partial charge in [-0.1, -0.05) is 17.7 Å². The monoisotopic (exact) mass is 297 g/mol. The van der Waals surface area contributed by atoms with Crippen LogP contribution in [0.4, 0.5) is 5.69 Å². The number of benzene rings is 1. The van der Waals surface area contributed by atoms with E-state index in [-0.39, 0.29) is 0 Å². The van der Waals surface area contributed by atoms with Crippen LogP contribution in [0.1, 0.15) is 19.3 Å². The third kappa shape index (κ3) is 5.35. The molecular formula is C14H20ClN3S. The Morgan fingerprint density at radius 3 is 2.84 bits per heavy atom. The van der Waals surface area contributed by atoms with Crippen molar-refractivity contribution in [1.82, 2.24) is 10.2 Å². The summed E-state index contributed by atoms with van der Waals surface area (Å²) in [4.78, 5) is 2.51. The van der Waals surface area contributed by atoms with E-state index in [9.17, 15) is 0 Å². The molecule has 1 aromatic rings. The van der Waals surface area contributed by atoms with Crippen molar-refractivity contribution in [2.24, 2.45) is 0 Å². The summed E-state index contributed by atoms with van der Waals surface area (Å²) in [6.07, 6.45) is 3.82. The minimum atomic E-state index is 0.656. The molecule has 0 aliphatic carbocycles. The number of likely N-dealkylation sites (tertiary alicyclic amines) is 1. The average molecular weight is 298 g/mol. The van der Waals surface area contributed by atoms with Crippen LogP contribution in [0.3, 0.4) is 0 Å². The molecule has 0 atom stereocenters. The molecule has 0 bridgehead atoms. The fourth-order valence-electron chi connectivity index (χ4n) is 2.25. The Morgan fingerprint density at radius 1 is 1.32 bits per heavy atom. The van der Waals surface area contributed by atoms with Crippen LogP contribution in [-0.4, -0.2) is 36.2 Å². The van der Waals surface area contributed by atoms with Gasteiger partial charge in [0.05, 0.1) is 0 Å². The highest BCUT2D eigenvalue weighted by molar-refractivity contribution is 7.80. The molecule has 1 aliphatic rings. The number of anilines is 1. The summed E-state index contributed by atoms with van der Waals surface area (Å²) < 4.78 is 0. The third-order valence-corrected chi connectivity index (χ3v) is 3.70. The van der Waals surface area contributed by atoms with Gasteiger partial charge in [0, 0.05) is 17.3 Å². The highest BCUT2D eigenvalue weighted by Crippen LogP contribution is 2.14. The summed E-state index contributed by atoms with van der Waals surface area (Å²) in [7, 11) is 0. The van der Waals surface area contributed by atoms with E-state index in [2.05, 4.69) is 15.5 Å². The summed E-state index contributed by atoms with van der Waals surface area (Å²) in [5, 5.41) is 7.72. The Bertz CT molecular complexity index is 419. The van der Waals surface area contributed by atoms with Crippen molar-refractivity contribution in [3.63, 3.8) is 0 Å². The van der Waals surface area contributed by atoms with E-state index in [1.165, 1.54) is 25.9 Å². The van der Waals surface area contributed by atoms with Crippen molar-refractivity contribution in [1.29, 1.82) is 0 Å². The van der Waals surface area contributed by atoms with Crippen LogP contribution in [0.15, 0.2) is 24.3 Å². The molecule has 1 aromatic carbocycles. The lowest BCUT2D eigenvalue weighted by molar-refractivity contribution is 0.334. The summed E-state index contributed by atoms with van der Waals surface area (Å²) in [5.74, 6) is 0. The van der Waals surface area contributed by atoms with Gasteiger partial charge in [0.2, 0.25) is 0 Å². The second-order valence-corrected chi connectivity index (χ2v) is 5.64. The van der Waals surface area contributed by atoms with Crippen LogP contribution >= 0.6 is 23.8 Å². The zero-order chi connectivity index (χ0) is 13.5. The maximum atomic E-state index is 5.92. The second-order valence-electron chi connectivity index (χ2n) is 4.79. The fourth-order valence-corrected chi connectivity index (χ4v) is 2.66. The zero-order valence-electron chi connectivity index (χ0n) is 11.0. The molecule has 5 heteroatoms. The number of nitrogens with one attached hydrogen (secondary N) is 2. The lowest BCUT2D eigenvalue weighted by Gasteiger charge is -2.15. The third-order valence-electron chi connectivity index (χ3n) is 3.22. The van der Waals surface area contributed by atoms with Gasteiger partial charge in [-0.3, -0.25) is 0 Å². The van der Waals surface area contributed by atoms with Gasteiger partial charge >= 0.3 is 0 Å². The van der Waals surface area contributed by atoms with Gasteiger partial charge in [0.1, 0.15) is 0 Å². The Balaban J connectivity index is 1.61. The van der Waals surface area contributed by atoms with Crippen molar-refractivity contribution >= 4 is 34.6 Å². The highest BCUT2D eigenvalue weighted by Gasteiger charge is 2.10. The first kappa shape index (κ1) is 14.6.